The SMILES string of the molecule is CC1(C)c2cc3c4ccccc4n(-c4nc(-c5ccccc5)cc(-c5ccccc5)n4)c3cc2-c2c1ccc1ccccc21.CC1(C)c2ccccc2-c2cc3c(cc21)c1ccccc1n3-c1ccc(-c2nc(-c3ccccc3)cc(-c3ccccc3)n2)cc1.CC1(C)c2ccccc2-c2ccc3c4ccccc4n(-c4cccc(-c5nc(-c6ccccc6)nc(-c6ccccc6)n5)c4)c3c21. The lowest BCUT2D eigenvalue weighted by atomic mass is 9.81. The van der Waals surface area contributed by atoms with Crippen molar-refractivity contribution in [1.82, 2.24) is 48.6 Å². The van der Waals surface area contributed by atoms with Gasteiger partial charge in [0.1, 0.15) is 0 Å². The summed E-state index contributed by atoms with van der Waals surface area (Å²) in [5, 5.41) is 10.0. The molecule has 0 unspecified atom stereocenters. The molecule has 0 saturated carbocycles. The standard InChI is InChI=1S/C43H31N3.C42H30N4.C41H29N3/c1-43(2)36-19-11-9-17-32(36)34-26-41-35(25-37(34)43)33-18-10-12-20-40(33)46(41)31-23-21-30(22-24-31)42-44-38(28-13-5-3-6-14-28)27-39(45-42)29-15-7-4-8-16-29;1-42(2)35-22-11-9-20-31(35)33-24-25-34-32-21-10-12-23-36(32)46(38(34)37(33)42)30-19-13-18-29(26-30)41-44-39(27-14-5-3-6-15-27)43-40(45-41)28-16-7-4-8-17-28;1-41(2)33-22-21-26-13-9-10-18-29(26)39(33)32-24-38-31(23-34(32)41)30-19-11-12-20-37(30)44(38)40-42-35(27-14-5-3-6-15-27)25-36(43-40)28-16-7-4-8-17-28/h3-27H,1-2H3;3-26H,1-2H3;3-25H,1-2H3. The fourth-order valence-electron chi connectivity index (χ4n) is 21.8. The molecule has 27 rings (SSSR count). The molecular weight excluding hydrogens is 1650 g/mol. The van der Waals surface area contributed by atoms with Crippen molar-refractivity contribution in [2.75, 3.05) is 0 Å². The second kappa shape index (κ2) is 32.1. The smallest absolute Gasteiger partial charge is 0.235 e. The Balaban J connectivity index is 0.000000109. The predicted molar refractivity (Wildman–Crippen MR) is 561 cm³/mol. The molecule has 10 heteroatoms. The molecule has 6 aromatic heterocycles. The molecule has 0 atom stereocenters. The number of benzene rings is 18. The predicted octanol–water partition coefficient (Wildman–Crippen LogP) is 31.5. The first-order chi connectivity index (χ1) is 66.7. The number of fused-ring (bicyclic) bond motifs is 21. The topological polar surface area (TPSA) is 105 Å². The van der Waals surface area contributed by atoms with Crippen molar-refractivity contribution in [3.63, 3.8) is 0 Å². The molecule has 0 saturated heterocycles. The van der Waals surface area contributed by atoms with Gasteiger partial charge in [-0.05, 0) is 169 Å². The van der Waals surface area contributed by atoms with Gasteiger partial charge in [0.2, 0.25) is 5.95 Å². The summed E-state index contributed by atoms with van der Waals surface area (Å²) in [6.07, 6.45) is 0. The minimum atomic E-state index is -0.154. The van der Waals surface area contributed by atoms with Gasteiger partial charge in [-0.2, -0.15) is 0 Å². The van der Waals surface area contributed by atoms with E-state index in [0.717, 1.165) is 89.7 Å². The normalized spacial score (nSPS) is 13.2. The lowest BCUT2D eigenvalue weighted by Gasteiger charge is -2.23. The van der Waals surface area contributed by atoms with Crippen LogP contribution in [0.1, 0.15) is 74.9 Å². The first-order valence-electron chi connectivity index (χ1n) is 46.7. The van der Waals surface area contributed by atoms with E-state index in [1.165, 1.54) is 132 Å². The molecule has 0 bridgehead atoms. The summed E-state index contributed by atoms with van der Waals surface area (Å²) >= 11 is 0. The van der Waals surface area contributed by atoms with E-state index < -0.39 is 0 Å². The Morgan fingerprint density at radius 3 is 1.12 bits per heavy atom. The Bertz CT molecular complexity index is 8730. The van der Waals surface area contributed by atoms with Crippen LogP contribution in [0.4, 0.5) is 0 Å². The molecule has 0 amide bonds. The molecule has 644 valence electrons. The molecular formula is C126H90N10. The highest BCUT2D eigenvalue weighted by atomic mass is 15.2. The van der Waals surface area contributed by atoms with E-state index in [0.29, 0.717) is 29.2 Å². The highest BCUT2D eigenvalue weighted by Gasteiger charge is 2.41. The van der Waals surface area contributed by atoms with Crippen molar-refractivity contribution in [3.8, 4) is 141 Å². The third-order valence-corrected chi connectivity index (χ3v) is 28.4. The Hall–Kier alpha value is -17.2. The number of hydrogen-bond donors (Lipinski definition) is 0. The van der Waals surface area contributed by atoms with Crippen molar-refractivity contribution >= 4 is 76.2 Å². The van der Waals surface area contributed by atoms with Crippen LogP contribution in [-0.2, 0) is 16.2 Å². The monoisotopic (exact) mass is 1740 g/mol. The average molecular weight is 1740 g/mol. The van der Waals surface area contributed by atoms with E-state index in [4.69, 9.17) is 34.9 Å². The van der Waals surface area contributed by atoms with Gasteiger partial charge in [0.15, 0.2) is 23.3 Å². The largest absolute Gasteiger partial charge is 0.309 e. The van der Waals surface area contributed by atoms with Crippen LogP contribution in [0, 0.1) is 0 Å². The van der Waals surface area contributed by atoms with Crippen molar-refractivity contribution in [3.05, 3.63) is 470 Å². The lowest BCUT2D eigenvalue weighted by Crippen LogP contribution is -2.16. The average Bonchev–Trinajstić information content (AvgIpc) is 1.56. The van der Waals surface area contributed by atoms with Gasteiger partial charge in [0, 0.05) is 104 Å². The summed E-state index contributed by atoms with van der Waals surface area (Å²) in [6, 6.07) is 155. The van der Waals surface area contributed by atoms with Gasteiger partial charge < -0.3 is 9.13 Å². The lowest BCUT2D eigenvalue weighted by molar-refractivity contribution is 0.661. The molecule has 0 N–H and O–H groups in total. The molecule has 10 nitrogen and oxygen atoms in total. The molecule has 18 aromatic carbocycles. The van der Waals surface area contributed by atoms with E-state index in [-0.39, 0.29) is 16.2 Å². The number of hydrogen-bond acceptors (Lipinski definition) is 7. The number of para-hydroxylation sites is 3. The number of nitrogens with zero attached hydrogens (tertiary/aromatic N) is 10. The zero-order valence-corrected chi connectivity index (χ0v) is 76.0. The fourth-order valence-corrected chi connectivity index (χ4v) is 21.8. The molecule has 136 heavy (non-hydrogen) atoms. The minimum Gasteiger partial charge on any atom is -0.309 e. The number of rotatable bonds is 11. The van der Waals surface area contributed by atoms with Gasteiger partial charge >= 0.3 is 0 Å². The first kappa shape index (κ1) is 80.8. The van der Waals surface area contributed by atoms with Gasteiger partial charge in [-0.3, -0.25) is 4.57 Å². The van der Waals surface area contributed by atoms with Crippen LogP contribution in [-0.4, -0.2) is 48.6 Å². The summed E-state index contributed by atoms with van der Waals surface area (Å²) < 4.78 is 7.11. The molecule has 24 aromatic rings. The van der Waals surface area contributed by atoms with Crippen LogP contribution in [0.15, 0.2) is 437 Å². The Morgan fingerprint density at radius 2 is 0.581 bits per heavy atom. The molecule has 0 aliphatic heterocycles. The molecule has 0 fully saturated rings. The Morgan fingerprint density at radius 1 is 0.191 bits per heavy atom. The second-order valence-electron chi connectivity index (χ2n) is 37.4. The van der Waals surface area contributed by atoms with E-state index in [2.05, 4.69) is 407 Å². The third-order valence-electron chi connectivity index (χ3n) is 28.4. The highest BCUT2D eigenvalue weighted by Crippen LogP contribution is 2.57. The van der Waals surface area contributed by atoms with Crippen molar-refractivity contribution in [2.45, 2.75) is 57.8 Å². The summed E-state index contributed by atoms with van der Waals surface area (Å²) in [5.41, 5.74) is 36.9. The Labute approximate surface area is 788 Å². The summed E-state index contributed by atoms with van der Waals surface area (Å²) in [4.78, 5) is 35.5. The molecule has 6 heterocycles. The van der Waals surface area contributed by atoms with Crippen LogP contribution in [0.5, 0.6) is 0 Å². The van der Waals surface area contributed by atoms with Gasteiger partial charge in [-0.25, -0.2) is 34.9 Å². The van der Waals surface area contributed by atoms with E-state index in [1.807, 2.05) is 84.9 Å². The van der Waals surface area contributed by atoms with E-state index >= 15 is 0 Å². The minimum absolute atomic E-state index is 0.0438. The molecule has 3 aliphatic rings. The van der Waals surface area contributed by atoms with Gasteiger partial charge in [0.05, 0.1) is 55.9 Å². The van der Waals surface area contributed by atoms with Gasteiger partial charge in [-0.15, -0.1) is 0 Å². The first-order valence-corrected chi connectivity index (χ1v) is 46.7. The summed E-state index contributed by atoms with van der Waals surface area (Å²) in [6.45, 7) is 14.1. The molecule has 3 aliphatic carbocycles. The zero-order chi connectivity index (χ0) is 91.1. The second-order valence-corrected chi connectivity index (χ2v) is 37.4. The van der Waals surface area contributed by atoms with Crippen molar-refractivity contribution < 1.29 is 0 Å². The molecule has 0 spiro atoms. The molecule has 0 radical (unpaired) electrons. The van der Waals surface area contributed by atoms with Gasteiger partial charge in [-0.1, -0.05) is 387 Å². The number of aromatic nitrogens is 10. The van der Waals surface area contributed by atoms with Crippen LogP contribution in [0.2, 0.25) is 0 Å². The van der Waals surface area contributed by atoms with Crippen molar-refractivity contribution in [1.29, 1.82) is 0 Å². The maximum atomic E-state index is 5.24. The highest BCUT2D eigenvalue weighted by molar-refractivity contribution is 6.16. The third kappa shape index (κ3) is 13.3. The maximum absolute atomic E-state index is 5.24. The van der Waals surface area contributed by atoms with E-state index in [9.17, 15) is 0 Å². The Kier molecular flexibility index (Phi) is 19.1. The van der Waals surface area contributed by atoms with Crippen LogP contribution >= 0.6 is 0 Å². The summed E-state index contributed by atoms with van der Waals surface area (Å²) in [7, 11) is 0. The zero-order valence-electron chi connectivity index (χ0n) is 76.0. The van der Waals surface area contributed by atoms with Gasteiger partial charge in [0.25, 0.3) is 0 Å². The maximum Gasteiger partial charge on any atom is 0.235 e. The van der Waals surface area contributed by atoms with E-state index in [1.54, 1.807) is 0 Å². The van der Waals surface area contributed by atoms with Crippen LogP contribution < -0.4 is 0 Å². The van der Waals surface area contributed by atoms with Crippen molar-refractivity contribution in [2.24, 2.45) is 0 Å². The van der Waals surface area contributed by atoms with Crippen LogP contribution in [0.25, 0.3) is 217 Å². The fraction of sp³-hybridized carbons (Fsp3) is 0.0714. The summed E-state index contributed by atoms with van der Waals surface area (Å²) in [5.74, 6) is 3.35. The quantitative estimate of drug-likeness (QED) is 0.127. The van der Waals surface area contributed by atoms with Crippen LogP contribution in [0.3, 0.4) is 0 Å².